The summed E-state index contributed by atoms with van der Waals surface area (Å²) in [5, 5.41) is 2.99. The third kappa shape index (κ3) is 4.12. The number of carbonyl (C=O) groups excluding carboxylic acids is 1. The molecule has 0 aromatic heterocycles. The molecule has 3 N–H and O–H groups in total. The second kappa shape index (κ2) is 7.50. The molecule has 2 unspecified atom stereocenters. The summed E-state index contributed by atoms with van der Waals surface area (Å²) in [7, 11) is 0. The van der Waals surface area contributed by atoms with E-state index in [2.05, 4.69) is 5.32 Å². The molecule has 0 aliphatic heterocycles. The first-order chi connectivity index (χ1) is 9.10. The van der Waals surface area contributed by atoms with Crippen LogP contribution < -0.4 is 15.8 Å². The molecule has 1 aromatic carbocycles. The number of hydrogen-bond acceptors (Lipinski definition) is 3. The van der Waals surface area contributed by atoms with Gasteiger partial charge in [-0.05, 0) is 56.9 Å². The van der Waals surface area contributed by atoms with Crippen molar-refractivity contribution < 1.29 is 9.53 Å². The van der Waals surface area contributed by atoms with Gasteiger partial charge in [0.05, 0.1) is 6.61 Å². The minimum atomic E-state index is 0. The van der Waals surface area contributed by atoms with Crippen molar-refractivity contribution in [3.63, 3.8) is 0 Å². The predicted molar refractivity (Wildman–Crippen MR) is 83.5 cm³/mol. The second-order valence-corrected chi connectivity index (χ2v) is 5.17. The molecule has 2 rings (SSSR count). The van der Waals surface area contributed by atoms with Gasteiger partial charge in [0.25, 0.3) is 0 Å². The Labute approximate surface area is 126 Å². The maximum atomic E-state index is 12.1. The highest BCUT2D eigenvalue weighted by Crippen LogP contribution is 2.27. The van der Waals surface area contributed by atoms with Crippen molar-refractivity contribution in [3.8, 4) is 5.75 Å². The predicted octanol–water partition coefficient (Wildman–Crippen LogP) is 2.88. The molecule has 1 aliphatic carbocycles. The van der Waals surface area contributed by atoms with Crippen LogP contribution in [0.5, 0.6) is 5.75 Å². The molecule has 2 atom stereocenters. The van der Waals surface area contributed by atoms with Crippen molar-refractivity contribution in [2.24, 2.45) is 11.7 Å². The van der Waals surface area contributed by atoms with E-state index in [0.29, 0.717) is 6.61 Å². The number of amides is 1. The van der Waals surface area contributed by atoms with Gasteiger partial charge in [-0.25, -0.2) is 0 Å². The maximum Gasteiger partial charge on any atom is 0.227 e. The number of nitrogens with one attached hydrogen (secondary N) is 1. The maximum absolute atomic E-state index is 12.1. The Bertz CT molecular complexity index is 465. The summed E-state index contributed by atoms with van der Waals surface area (Å²) < 4.78 is 5.43. The molecule has 0 saturated heterocycles. The summed E-state index contributed by atoms with van der Waals surface area (Å²) in [6.45, 7) is 4.57. The Morgan fingerprint density at radius 3 is 2.75 bits per heavy atom. The molecule has 4 nitrogen and oxygen atoms in total. The minimum absolute atomic E-state index is 0. The number of aryl methyl sites for hydroxylation is 1. The number of hydrogen-bond donors (Lipinski definition) is 2. The van der Waals surface area contributed by atoms with Gasteiger partial charge in [-0.1, -0.05) is 0 Å². The smallest absolute Gasteiger partial charge is 0.227 e. The largest absolute Gasteiger partial charge is 0.494 e. The zero-order chi connectivity index (χ0) is 13.8. The Kier molecular flexibility index (Phi) is 6.30. The van der Waals surface area contributed by atoms with E-state index in [1.807, 2.05) is 32.0 Å². The molecular weight excluding hydrogens is 276 g/mol. The topological polar surface area (TPSA) is 64.3 Å². The molecule has 1 aromatic rings. The summed E-state index contributed by atoms with van der Waals surface area (Å²) in [5.74, 6) is 0.974. The Morgan fingerprint density at radius 1 is 1.45 bits per heavy atom. The first-order valence-corrected chi connectivity index (χ1v) is 6.90. The van der Waals surface area contributed by atoms with Gasteiger partial charge in [0.15, 0.2) is 0 Å². The van der Waals surface area contributed by atoms with E-state index in [1.165, 1.54) is 0 Å². The highest BCUT2D eigenvalue weighted by atomic mass is 35.5. The number of anilines is 1. The Morgan fingerprint density at radius 2 is 2.20 bits per heavy atom. The standard InChI is InChI=1S/C15H22N2O2.ClH/c1-3-19-13-6-7-14(10(2)8-13)17-15(18)11-4-5-12(16)9-11;/h6-8,11-12H,3-5,9,16H2,1-2H3,(H,17,18);1H. The monoisotopic (exact) mass is 298 g/mol. The van der Waals surface area contributed by atoms with Crippen LogP contribution in [0.25, 0.3) is 0 Å². The molecule has 1 amide bonds. The third-order valence-corrected chi connectivity index (χ3v) is 3.61. The molecule has 5 heteroatoms. The molecular formula is C15H23ClN2O2. The van der Waals surface area contributed by atoms with Crippen LogP contribution in [0.1, 0.15) is 31.7 Å². The summed E-state index contributed by atoms with van der Waals surface area (Å²) in [5.41, 5.74) is 7.71. The number of rotatable bonds is 4. The van der Waals surface area contributed by atoms with Crippen molar-refractivity contribution >= 4 is 24.0 Å². The lowest BCUT2D eigenvalue weighted by Gasteiger charge is -2.13. The van der Waals surface area contributed by atoms with Crippen LogP contribution in [-0.4, -0.2) is 18.6 Å². The van der Waals surface area contributed by atoms with E-state index in [-0.39, 0.29) is 30.3 Å². The lowest BCUT2D eigenvalue weighted by Crippen LogP contribution is -2.23. The second-order valence-electron chi connectivity index (χ2n) is 5.17. The van der Waals surface area contributed by atoms with Gasteiger partial charge in [0.1, 0.15) is 5.75 Å². The molecule has 20 heavy (non-hydrogen) atoms. The lowest BCUT2D eigenvalue weighted by atomic mass is 10.1. The molecule has 0 heterocycles. The number of carbonyl (C=O) groups is 1. The first kappa shape index (κ1) is 16.8. The summed E-state index contributed by atoms with van der Waals surface area (Å²) >= 11 is 0. The van der Waals surface area contributed by atoms with E-state index in [0.717, 1.165) is 36.3 Å². The average molecular weight is 299 g/mol. The lowest BCUT2D eigenvalue weighted by molar-refractivity contribution is -0.119. The summed E-state index contributed by atoms with van der Waals surface area (Å²) in [4.78, 5) is 12.1. The van der Waals surface area contributed by atoms with Crippen LogP contribution in [-0.2, 0) is 4.79 Å². The van der Waals surface area contributed by atoms with Gasteiger partial charge in [-0.2, -0.15) is 0 Å². The van der Waals surface area contributed by atoms with Gasteiger partial charge < -0.3 is 15.8 Å². The molecule has 0 radical (unpaired) electrons. The van der Waals surface area contributed by atoms with Crippen LogP contribution >= 0.6 is 12.4 Å². The van der Waals surface area contributed by atoms with Crippen molar-refractivity contribution in [1.82, 2.24) is 0 Å². The number of ether oxygens (including phenoxy) is 1. The van der Waals surface area contributed by atoms with E-state index in [9.17, 15) is 4.79 Å². The first-order valence-electron chi connectivity index (χ1n) is 6.90. The molecule has 112 valence electrons. The van der Waals surface area contributed by atoms with Crippen LogP contribution in [0.4, 0.5) is 5.69 Å². The van der Waals surface area contributed by atoms with Crippen molar-refractivity contribution in [2.75, 3.05) is 11.9 Å². The van der Waals surface area contributed by atoms with Crippen LogP contribution in [0.2, 0.25) is 0 Å². The zero-order valence-corrected chi connectivity index (χ0v) is 12.8. The molecule has 1 saturated carbocycles. The minimum Gasteiger partial charge on any atom is -0.494 e. The van der Waals surface area contributed by atoms with E-state index >= 15 is 0 Å². The SMILES string of the molecule is CCOc1ccc(NC(=O)C2CCC(N)C2)c(C)c1.Cl. The van der Waals surface area contributed by atoms with Gasteiger partial charge in [-0.15, -0.1) is 12.4 Å². The summed E-state index contributed by atoms with van der Waals surface area (Å²) in [6.07, 6.45) is 2.63. The Hall–Kier alpha value is -1.26. The highest BCUT2D eigenvalue weighted by Gasteiger charge is 2.27. The van der Waals surface area contributed by atoms with Crippen molar-refractivity contribution in [2.45, 2.75) is 39.2 Å². The van der Waals surface area contributed by atoms with Crippen LogP contribution in [0.3, 0.4) is 0 Å². The summed E-state index contributed by atoms with van der Waals surface area (Å²) in [6, 6.07) is 5.90. The van der Waals surface area contributed by atoms with Gasteiger partial charge in [0.2, 0.25) is 5.91 Å². The van der Waals surface area contributed by atoms with E-state index in [1.54, 1.807) is 0 Å². The van der Waals surface area contributed by atoms with E-state index < -0.39 is 0 Å². The van der Waals surface area contributed by atoms with Crippen molar-refractivity contribution in [3.05, 3.63) is 23.8 Å². The van der Waals surface area contributed by atoms with Crippen LogP contribution in [0, 0.1) is 12.8 Å². The Balaban J connectivity index is 0.00000200. The highest BCUT2D eigenvalue weighted by molar-refractivity contribution is 5.93. The zero-order valence-electron chi connectivity index (χ0n) is 12.0. The van der Waals surface area contributed by atoms with Gasteiger partial charge >= 0.3 is 0 Å². The third-order valence-electron chi connectivity index (χ3n) is 3.61. The van der Waals surface area contributed by atoms with Crippen LogP contribution in [0.15, 0.2) is 18.2 Å². The molecule has 1 fully saturated rings. The van der Waals surface area contributed by atoms with Gasteiger partial charge in [0, 0.05) is 17.6 Å². The number of halogens is 1. The normalized spacial score (nSPS) is 21.1. The van der Waals surface area contributed by atoms with Crippen molar-refractivity contribution in [1.29, 1.82) is 0 Å². The fraction of sp³-hybridized carbons (Fsp3) is 0.533. The number of benzene rings is 1. The average Bonchev–Trinajstić information content (AvgIpc) is 2.80. The van der Waals surface area contributed by atoms with Gasteiger partial charge in [-0.3, -0.25) is 4.79 Å². The molecule has 0 spiro atoms. The molecule has 1 aliphatic rings. The fourth-order valence-corrected chi connectivity index (χ4v) is 2.52. The fourth-order valence-electron chi connectivity index (χ4n) is 2.52. The van der Waals surface area contributed by atoms with E-state index in [4.69, 9.17) is 10.5 Å². The molecule has 0 bridgehead atoms. The number of nitrogens with two attached hydrogens (primary N) is 1. The quantitative estimate of drug-likeness (QED) is 0.898.